The van der Waals surface area contributed by atoms with Crippen molar-refractivity contribution in [2.75, 3.05) is 12.0 Å². The van der Waals surface area contributed by atoms with Crippen LogP contribution in [0.25, 0.3) is 0 Å². The van der Waals surface area contributed by atoms with Crippen molar-refractivity contribution in [1.82, 2.24) is 9.29 Å². The molecule has 0 radical (unpaired) electrons. The molecule has 0 fully saturated rings. The molecule has 2 amide bonds. The highest BCUT2D eigenvalue weighted by molar-refractivity contribution is 7.90. The Kier molecular flexibility index (Phi) is 4.67. The summed E-state index contributed by atoms with van der Waals surface area (Å²) in [5.74, 6) is -0.127. The number of aromatic nitrogens is 1. The van der Waals surface area contributed by atoms with E-state index in [0.29, 0.717) is 15.7 Å². The van der Waals surface area contributed by atoms with Gasteiger partial charge in [-0.05, 0) is 30.3 Å². The fraction of sp³-hybridized carbons (Fsp3) is 0.100. The SMILES string of the molecule is COc1cccc(N2C(=O)N(Cc3ccccc3F)S(=O)(=O)c3cccnc32)c1. The molecule has 2 heterocycles. The Morgan fingerprint density at radius 3 is 2.62 bits per heavy atom. The van der Waals surface area contributed by atoms with Crippen LogP contribution in [0.2, 0.25) is 0 Å². The Morgan fingerprint density at radius 1 is 1.07 bits per heavy atom. The van der Waals surface area contributed by atoms with E-state index in [2.05, 4.69) is 4.98 Å². The van der Waals surface area contributed by atoms with E-state index in [1.54, 1.807) is 30.3 Å². The van der Waals surface area contributed by atoms with Crippen molar-refractivity contribution in [1.29, 1.82) is 0 Å². The largest absolute Gasteiger partial charge is 0.497 e. The van der Waals surface area contributed by atoms with Crippen molar-refractivity contribution in [3.05, 3.63) is 78.2 Å². The van der Waals surface area contributed by atoms with Crippen molar-refractivity contribution in [3.8, 4) is 5.75 Å². The molecule has 0 atom stereocenters. The van der Waals surface area contributed by atoms with Crippen LogP contribution in [0.4, 0.5) is 20.7 Å². The van der Waals surface area contributed by atoms with Gasteiger partial charge in [-0.3, -0.25) is 0 Å². The number of pyridine rings is 1. The highest BCUT2D eigenvalue weighted by atomic mass is 32.2. The number of halogens is 1. The molecular formula is C20H16FN3O4S. The fourth-order valence-electron chi connectivity index (χ4n) is 3.09. The second-order valence-electron chi connectivity index (χ2n) is 6.25. The molecule has 0 saturated heterocycles. The summed E-state index contributed by atoms with van der Waals surface area (Å²) in [5, 5.41) is 0. The summed E-state index contributed by atoms with van der Waals surface area (Å²) in [6, 6.07) is 14.3. The predicted molar refractivity (Wildman–Crippen MR) is 104 cm³/mol. The topological polar surface area (TPSA) is 79.8 Å². The lowest BCUT2D eigenvalue weighted by Gasteiger charge is -2.35. The first-order valence-corrected chi connectivity index (χ1v) is 10.1. The monoisotopic (exact) mass is 413 g/mol. The van der Waals surface area contributed by atoms with Gasteiger partial charge < -0.3 is 4.74 Å². The standard InChI is InChI=1S/C20H16FN3O4S/c1-28-16-8-4-7-15(12-16)24-19-18(10-5-11-22-19)29(26,27)23(20(24)25)13-14-6-2-3-9-17(14)21/h2-12H,13H2,1H3. The number of carbonyl (C=O) groups excluding carboxylic acids is 1. The second-order valence-corrected chi connectivity index (χ2v) is 8.08. The van der Waals surface area contributed by atoms with E-state index in [-0.39, 0.29) is 16.3 Å². The number of amides is 2. The average molecular weight is 413 g/mol. The lowest BCUT2D eigenvalue weighted by molar-refractivity contribution is 0.228. The lowest BCUT2D eigenvalue weighted by Crippen LogP contribution is -2.48. The minimum Gasteiger partial charge on any atom is -0.497 e. The molecule has 4 rings (SSSR count). The zero-order chi connectivity index (χ0) is 20.6. The normalized spacial score (nSPS) is 15.2. The molecule has 1 aromatic heterocycles. The van der Waals surface area contributed by atoms with Gasteiger partial charge in [0.15, 0.2) is 5.82 Å². The minimum atomic E-state index is -4.22. The number of rotatable bonds is 4. The molecule has 29 heavy (non-hydrogen) atoms. The van der Waals surface area contributed by atoms with E-state index in [1.165, 1.54) is 48.5 Å². The van der Waals surface area contributed by atoms with Crippen LogP contribution in [0, 0.1) is 5.82 Å². The zero-order valence-corrected chi connectivity index (χ0v) is 16.1. The quantitative estimate of drug-likeness (QED) is 0.652. The number of urea groups is 1. The zero-order valence-electron chi connectivity index (χ0n) is 15.3. The summed E-state index contributed by atoms with van der Waals surface area (Å²) in [5.41, 5.74) is 0.463. The highest BCUT2D eigenvalue weighted by Crippen LogP contribution is 2.39. The number of sulfonamides is 1. The molecule has 1 aliphatic heterocycles. The Morgan fingerprint density at radius 2 is 1.86 bits per heavy atom. The molecule has 1 aliphatic rings. The lowest BCUT2D eigenvalue weighted by atomic mass is 10.2. The van der Waals surface area contributed by atoms with Gasteiger partial charge in [0.2, 0.25) is 0 Å². The maximum Gasteiger partial charge on any atom is 0.344 e. The molecule has 0 aliphatic carbocycles. The van der Waals surface area contributed by atoms with Crippen LogP contribution in [-0.2, 0) is 16.6 Å². The van der Waals surface area contributed by atoms with Gasteiger partial charge in [-0.2, -0.15) is 0 Å². The third-order valence-corrected chi connectivity index (χ3v) is 6.26. The van der Waals surface area contributed by atoms with Crippen LogP contribution in [0.3, 0.4) is 0 Å². The van der Waals surface area contributed by atoms with Gasteiger partial charge in [0.1, 0.15) is 16.5 Å². The van der Waals surface area contributed by atoms with Gasteiger partial charge in [-0.15, -0.1) is 0 Å². The van der Waals surface area contributed by atoms with E-state index < -0.39 is 28.4 Å². The number of methoxy groups -OCH3 is 1. The summed E-state index contributed by atoms with van der Waals surface area (Å²) >= 11 is 0. The van der Waals surface area contributed by atoms with Gasteiger partial charge in [-0.1, -0.05) is 24.3 Å². The number of ether oxygens (including phenoxy) is 1. The third kappa shape index (κ3) is 3.19. The van der Waals surface area contributed by atoms with Crippen LogP contribution >= 0.6 is 0 Å². The Bertz CT molecular complexity index is 1200. The molecule has 2 aromatic carbocycles. The molecule has 148 valence electrons. The van der Waals surface area contributed by atoms with E-state index in [4.69, 9.17) is 4.74 Å². The Hall–Kier alpha value is -3.46. The second kappa shape index (κ2) is 7.17. The van der Waals surface area contributed by atoms with Crippen molar-refractivity contribution in [2.24, 2.45) is 0 Å². The number of hydrogen-bond donors (Lipinski definition) is 0. The van der Waals surface area contributed by atoms with Crippen molar-refractivity contribution in [3.63, 3.8) is 0 Å². The molecule has 0 spiro atoms. The minimum absolute atomic E-state index is 0.0180. The molecule has 0 saturated carbocycles. The number of benzene rings is 2. The van der Waals surface area contributed by atoms with E-state index in [9.17, 15) is 17.6 Å². The van der Waals surface area contributed by atoms with Gasteiger partial charge in [0.25, 0.3) is 10.0 Å². The number of hydrogen-bond acceptors (Lipinski definition) is 5. The fourth-order valence-corrected chi connectivity index (χ4v) is 4.55. The van der Waals surface area contributed by atoms with Crippen LogP contribution in [0.15, 0.2) is 71.8 Å². The summed E-state index contributed by atoms with van der Waals surface area (Å²) < 4.78 is 46.3. The van der Waals surface area contributed by atoms with Crippen LogP contribution in [-0.4, -0.2) is 30.8 Å². The summed E-state index contributed by atoms with van der Waals surface area (Å²) in [4.78, 5) is 18.5. The van der Waals surface area contributed by atoms with Crippen molar-refractivity contribution < 1.29 is 22.3 Å². The van der Waals surface area contributed by atoms with Crippen LogP contribution in [0.5, 0.6) is 5.75 Å². The van der Waals surface area contributed by atoms with E-state index in [0.717, 1.165) is 0 Å². The molecule has 0 bridgehead atoms. The maximum absolute atomic E-state index is 14.2. The summed E-state index contributed by atoms with van der Waals surface area (Å²) in [6.07, 6.45) is 1.40. The number of carbonyl (C=O) groups is 1. The smallest absolute Gasteiger partial charge is 0.344 e. The Labute approximate surface area is 167 Å². The van der Waals surface area contributed by atoms with Gasteiger partial charge >= 0.3 is 6.03 Å². The van der Waals surface area contributed by atoms with Crippen LogP contribution in [0.1, 0.15) is 5.56 Å². The van der Waals surface area contributed by atoms with E-state index in [1.807, 2.05) is 0 Å². The van der Waals surface area contributed by atoms with Crippen LogP contribution < -0.4 is 9.64 Å². The van der Waals surface area contributed by atoms with Gasteiger partial charge in [-0.25, -0.2) is 31.8 Å². The van der Waals surface area contributed by atoms with Crippen molar-refractivity contribution >= 4 is 27.6 Å². The van der Waals surface area contributed by atoms with E-state index >= 15 is 0 Å². The molecule has 0 N–H and O–H groups in total. The third-order valence-electron chi connectivity index (χ3n) is 4.52. The molecule has 9 heteroatoms. The first kappa shape index (κ1) is 18.9. The molecule has 7 nitrogen and oxygen atoms in total. The summed E-state index contributed by atoms with van der Waals surface area (Å²) in [7, 11) is -2.74. The first-order chi connectivity index (χ1) is 13.9. The highest BCUT2D eigenvalue weighted by Gasteiger charge is 2.43. The average Bonchev–Trinajstić information content (AvgIpc) is 2.73. The Balaban J connectivity index is 1.88. The molecular weight excluding hydrogens is 397 g/mol. The predicted octanol–water partition coefficient (Wildman–Crippen LogP) is 3.69. The van der Waals surface area contributed by atoms with Gasteiger partial charge in [0.05, 0.1) is 19.3 Å². The number of fused-ring (bicyclic) bond motifs is 1. The van der Waals surface area contributed by atoms with Crippen molar-refractivity contribution in [2.45, 2.75) is 11.4 Å². The number of nitrogens with zero attached hydrogens (tertiary/aromatic N) is 3. The first-order valence-electron chi connectivity index (χ1n) is 8.63. The maximum atomic E-state index is 14.2. The number of anilines is 2. The summed E-state index contributed by atoms with van der Waals surface area (Å²) in [6.45, 7) is -0.442. The molecule has 0 unspecified atom stereocenters. The van der Waals surface area contributed by atoms with Gasteiger partial charge in [0, 0.05) is 17.8 Å². The molecule has 3 aromatic rings.